The fourth-order valence-electron chi connectivity index (χ4n) is 7.96. The minimum atomic E-state index is -0.725. The molecule has 2 atom stereocenters. The van der Waals surface area contributed by atoms with E-state index in [2.05, 4.69) is 5.32 Å². The molecule has 3 aliphatic rings. The van der Waals surface area contributed by atoms with E-state index in [1.807, 2.05) is 60.7 Å². The third-order valence-electron chi connectivity index (χ3n) is 10.8. The second-order valence-corrected chi connectivity index (χ2v) is 14.1. The van der Waals surface area contributed by atoms with E-state index in [4.69, 9.17) is 10.5 Å². The van der Waals surface area contributed by atoms with Crippen LogP contribution < -0.4 is 15.8 Å². The summed E-state index contributed by atoms with van der Waals surface area (Å²) in [7, 11) is 0. The number of hydrogen-bond acceptors (Lipinski definition) is 6. The molecular weight excluding hydrogens is 600 g/mol. The number of ether oxygens (including phenoxy) is 1. The summed E-state index contributed by atoms with van der Waals surface area (Å²) < 4.78 is 5.94. The van der Waals surface area contributed by atoms with Gasteiger partial charge in [-0.2, -0.15) is 0 Å². The fraction of sp³-hybridized carbons (Fsp3) is 0.525. The smallest absolute Gasteiger partial charge is 0.410 e. The predicted octanol–water partition coefficient (Wildman–Crippen LogP) is 6.77. The molecule has 3 fully saturated rings. The normalized spacial score (nSPS) is 20.1. The van der Waals surface area contributed by atoms with Crippen molar-refractivity contribution >= 4 is 28.6 Å². The molecule has 2 aliphatic carbocycles. The van der Waals surface area contributed by atoms with Crippen molar-refractivity contribution in [3.8, 4) is 5.75 Å². The van der Waals surface area contributed by atoms with Crippen LogP contribution in [0.4, 0.5) is 4.79 Å². The highest BCUT2D eigenvalue weighted by molar-refractivity contribution is 5.93. The molecule has 2 saturated carbocycles. The summed E-state index contributed by atoms with van der Waals surface area (Å²) in [6.45, 7) is 1.22. The van der Waals surface area contributed by atoms with E-state index in [-0.39, 0.29) is 30.7 Å². The molecule has 0 spiro atoms. The Morgan fingerprint density at radius 1 is 0.812 bits per heavy atom. The Morgan fingerprint density at radius 2 is 1.50 bits per heavy atom. The molecule has 3 aromatic rings. The number of rotatable bonds is 11. The van der Waals surface area contributed by atoms with Gasteiger partial charge in [0.15, 0.2) is 5.78 Å². The van der Waals surface area contributed by atoms with E-state index in [0.29, 0.717) is 43.8 Å². The van der Waals surface area contributed by atoms with Gasteiger partial charge in [-0.1, -0.05) is 112 Å². The highest BCUT2D eigenvalue weighted by Gasteiger charge is 2.40. The van der Waals surface area contributed by atoms with Crippen molar-refractivity contribution in [2.45, 2.75) is 108 Å². The van der Waals surface area contributed by atoms with Crippen LogP contribution in [0.2, 0.25) is 0 Å². The topological polar surface area (TPSA) is 105 Å². The second-order valence-electron chi connectivity index (χ2n) is 14.1. The number of hydrogen-bond donors (Lipinski definition) is 2. The number of nitrogens with zero attached hydrogens (tertiary/aromatic N) is 2. The molecule has 48 heavy (non-hydrogen) atoms. The average molecular weight is 653 g/mol. The largest absolute Gasteiger partial charge is 0.415 e. The first-order valence-corrected chi connectivity index (χ1v) is 18.3. The van der Waals surface area contributed by atoms with Crippen molar-refractivity contribution in [3.63, 3.8) is 0 Å². The van der Waals surface area contributed by atoms with Gasteiger partial charge in [-0.3, -0.25) is 9.59 Å². The number of piperazine rings is 1. The average Bonchev–Trinajstić information content (AvgIpc) is 3.14. The van der Waals surface area contributed by atoms with Crippen LogP contribution in [0.5, 0.6) is 5.75 Å². The maximum Gasteiger partial charge on any atom is 0.415 e. The summed E-state index contributed by atoms with van der Waals surface area (Å²) in [5.41, 5.74) is 7.88. The van der Waals surface area contributed by atoms with Crippen LogP contribution in [0, 0.1) is 5.92 Å². The first kappa shape index (κ1) is 34.1. The van der Waals surface area contributed by atoms with Crippen molar-refractivity contribution < 1.29 is 19.1 Å². The molecule has 2 amide bonds. The number of carbonyl (C=O) groups excluding carboxylic acids is 3. The van der Waals surface area contributed by atoms with Gasteiger partial charge in [0.2, 0.25) is 5.91 Å². The molecule has 6 rings (SSSR count). The zero-order valence-corrected chi connectivity index (χ0v) is 28.3. The summed E-state index contributed by atoms with van der Waals surface area (Å²) in [6, 6.07) is 20.8. The van der Waals surface area contributed by atoms with Crippen molar-refractivity contribution in [2.24, 2.45) is 11.7 Å². The van der Waals surface area contributed by atoms with E-state index < -0.39 is 12.1 Å². The van der Waals surface area contributed by atoms with Crippen LogP contribution in [0.3, 0.4) is 0 Å². The SMILES string of the molecule is NCc1ccc(CCC(=O)[C@@H]2CN(C(=O)Oc3cccc4ccccc34)CCN2C(=O)[C@@H](CC2CCCCC2)NC2CCCCC2)cc1. The standard InChI is InChI=1S/C40H52N4O4/c41-27-31-20-18-29(19-21-31)22-23-37(45)36-28-43(40(47)48-38-17-9-13-32-12-7-8-16-34(32)38)24-25-44(36)39(46)35(26-30-10-3-1-4-11-30)42-33-14-5-2-6-15-33/h7-9,12-13,16-21,30,33,35-36,42H,1-6,10-11,14-15,22-28,41H2/t35-,36+/m1/s1. The third kappa shape index (κ3) is 8.63. The van der Waals surface area contributed by atoms with Crippen molar-refractivity contribution in [3.05, 3.63) is 77.9 Å². The van der Waals surface area contributed by atoms with Gasteiger partial charge >= 0.3 is 6.09 Å². The first-order chi connectivity index (χ1) is 23.5. The Kier molecular flexibility index (Phi) is 11.8. The Balaban J connectivity index is 1.21. The van der Waals surface area contributed by atoms with Crippen molar-refractivity contribution in [1.82, 2.24) is 15.1 Å². The van der Waals surface area contributed by atoms with Crippen LogP contribution in [0.15, 0.2) is 66.7 Å². The minimum Gasteiger partial charge on any atom is -0.410 e. The van der Waals surface area contributed by atoms with Gasteiger partial charge in [-0.25, -0.2) is 4.79 Å². The molecular formula is C40H52N4O4. The molecule has 1 aliphatic heterocycles. The summed E-state index contributed by atoms with van der Waals surface area (Å²) in [4.78, 5) is 45.7. The van der Waals surface area contributed by atoms with Gasteiger partial charge in [0.1, 0.15) is 11.8 Å². The number of ketones is 1. The predicted molar refractivity (Wildman–Crippen MR) is 190 cm³/mol. The number of fused-ring (bicyclic) bond motifs is 1. The molecule has 3 N–H and O–H groups in total. The Morgan fingerprint density at radius 3 is 2.25 bits per heavy atom. The summed E-state index contributed by atoms with van der Waals surface area (Å²) in [5.74, 6) is 0.998. The number of amides is 2. The number of carbonyl (C=O) groups is 3. The van der Waals surface area contributed by atoms with Gasteiger partial charge in [-0.15, -0.1) is 0 Å². The highest BCUT2D eigenvalue weighted by Crippen LogP contribution is 2.30. The van der Waals surface area contributed by atoms with Gasteiger partial charge < -0.3 is 25.6 Å². The van der Waals surface area contributed by atoms with Crippen molar-refractivity contribution in [1.29, 1.82) is 0 Å². The van der Waals surface area contributed by atoms with E-state index >= 15 is 0 Å². The Labute approximate surface area is 285 Å². The number of Topliss-reactive ketones (excluding diaryl/α,β-unsaturated/α-hetero) is 1. The van der Waals surface area contributed by atoms with Gasteiger partial charge in [0, 0.05) is 37.5 Å². The molecule has 1 heterocycles. The molecule has 3 aromatic carbocycles. The lowest BCUT2D eigenvalue weighted by Gasteiger charge is -2.42. The monoisotopic (exact) mass is 652 g/mol. The second kappa shape index (κ2) is 16.6. The summed E-state index contributed by atoms with van der Waals surface area (Å²) >= 11 is 0. The zero-order chi connectivity index (χ0) is 33.3. The van der Waals surface area contributed by atoms with Crippen LogP contribution in [-0.4, -0.2) is 65.3 Å². The Bertz CT molecular complexity index is 1500. The van der Waals surface area contributed by atoms with Gasteiger partial charge in [-0.05, 0) is 54.2 Å². The first-order valence-electron chi connectivity index (χ1n) is 18.3. The zero-order valence-electron chi connectivity index (χ0n) is 28.3. The summed E-state index contributed by atoms with van der Waals surface area (Å²) in [6.07, 6.45) is 13.0. The van der Waals surface area contributed by atoms with E-state index in [0.717, 1.165) is 54.0 Å². The molecule has 0 bridgehead atoms. The minimum absolute atomic E-state index is 0.0128. The molecule has 256 valence electrons. The molecule has 1 saturated heterocycles. The number of nitrogens with two attached hydrogens (primary N) is 1. The number of benzene rings is 3. The maximum atomic E-state index is 14.6. The van der Waals surface area contributed by atoms with E-state index in [1.54, 1.807) is 15.9 Å². The molecule has 8 nitrogen and oxygen atoms in total. The Hall–Kier alpha value is -3.75. The maximum absolute atomic E-state index is 14.6. The molecule has 0 aromatic heterocycles. The summed E-state index contributed by atoms with van der Waals surface area (Å²) in [5, 5.41) is 5.64. The van der Waals surface area contributed by atoms with Gasteiger partial charge in [0.25, 0.3) is 0 Å². The lowest BCUT2D eigenvalue weighted by molar-refractivity contribution is -0.145. The number of nitrogens with one attached hydrogen (secondary N) is 1. The third-order valence-corrected chi connectivity index (χ3v) is 10.8. The lowest BCUT2D eigenvalue weighted by atomic mass is 9.83. The molecule has 8 heteroatoms. The number of aryl methyl sites for hydroxylation is 1. The molecule has 0 radical (unpaired) electrons. The fourth-order valence-corrected chi connectivity index (χ4v) is 7.96. The van der Waals surface area contributed by atoms with E-state index in [9.17, 15) is 14.4 Å². The van der Waals surface area contributed by atoms with Crippen LogP contribution in [0.25, 0.3) is 10.8 Å². The lowest BCUT2D eigenvalue weighted by Crippen LogP contribution is -2.63. The van der Waals surface area contributed by atoms with Crippen LogP contribution in [-0.2, 0) is 22.6 Å². The van der Waals surface area contributed by atoms with Crippen LogP contribution >= 0.6 is 0 Å². The van der Waals surface area contributed by atoms with E-state index in [1.165, 1.54) is 38.5 Å². The van der Waals surface area contributed by atoms with Crippen molar-refractivity contribution in [2.75, 3.05) is 19.6 Å². The highest BCUT2D eigenvalue weighted by atomic mass is 16.6. The molecule has 0 unspecified atom stereocenters. The van der Waals surface area contributed by atoms with Crippen LogP contribution in [0.1, 0.15) is 88.2 Å². The quantitative estimate of drug-likeness (QED) is 0.237. The van der Waals surface area contributed by atoms with Gasteiger partial charge in [0.05, 0.1) is 12.6 Å².